The predicted molar refractivity (Wildman–Crippen MR) is 71.6 cm³/mol. The third-order valence-electron chi connectivity index (χ3n) is 3.86. The van der Waals surface area contributed by atoms with E-state index in [0.717, 1.165) is 25.9 Å². The first kappa shape index (κ1) is 12.1. The van der Waals surface area contributed by atoms with Gasteiger partial charge in [-0.05, 0) is 31.7 Å². The fourth-order valence-corrected chi connectivity index (χ4v) is 3.95. The normalized spacial score (nSPS) is 22.8. The number of likely N-dealkylation sites (tertiary alicyclic amines) is 1. The van der Waals surface area contributed by atoms with Crippen LogP contribution in [-0.2, 0) is 24.1 Å². The van der Waals surface area contributed by atoms with Crippen LogP contribution in [0.2, 0.25) is 0 Å². The van der Waals surface area contributed by atoms with Gasteiger partial charge in [-0.2, -0.15) is 0 Å². The van der Waals surface area contributed by atoms with E-state index in [4.69, 9.17) is 5.73 Å². The van der Waals surface area contributed by atoms with Crippen molar-refractivity contribution in [2.75, 3.05) is 19.6 Å². The van der Waals surface area contributed by atoms with Crippen molar-refractivity contribution in [3.8, 4) is 0 Å². The highest BCUT2D eigenvalue weighted by Crippen LogP contribution is 2.28. The summed E-state index contributed by atoms with van der Waals surface area (Å²) in [6, 6.07) is 0. The molecule has 1 atom stereocenters. The molecule has 2 heterocycles. The van der Waals surface area contributed by atoms with E-state index in [1.807, 2.05) is 16.2 Å². The summed E-state index contributed by atoms with van der Waals surface area (Å²) in [5.74, 6) is 0.619. The van der Waals surface area contributed by atoms with E-state index in [1.54, 1.807) is 0 Å². The van der Waals surface area contributed by atoms with Crippen molar-refractivity contribution in [2.24, 2.45) is 11.7 Å². The van der Waals surface area contributed by atoms with E-state index in [2.05, 4.69) is 4.98 Å². The zero-order valence-corrected chi connectivity index (χ0v) is 11.3. The number of hydrogen-bond donors (Lipinski definition) is 1. The molecule has 1 aromatic rings. The van der Waals surface area contributed by atoms with Gasteiger partial charge in [0.2, 0.25) is 5.91 Å². The molecule has 0 bridgehead atoms. The number of nitrogens with zero attached hydrogens (tertiary/aromatic N) is 2. The molecule has 3 rings (SSSR count). The van der Waals surface area contributed by atoms with E-state index >= 15 is 0 Å². The fourth-order valence-electron chi connectivity index (χ4n) is 2.81. The second kappa shape index (κ2) is 4.97. The van der Waals surface area contributed by atoms with Crippen molar-refractivity contribution < 1.29 is 4.79 Å². The summed E-state index contributed by atoms with van der Waals surface area (Å²) in [5.41, 5.74) is 6.93. The Kier molecular flexibility index (Phi) is 3.35. The van der Waals surface area contributed by atoms with Gasteiger partial charge in [0.25, 0.3) is 0 Å². The maximum atomic E-state index is 11.8. The number of amides is 1. The van der Waals surface area contributed by atoms with Crippen LogP contribution < -0.4 is 5.73 Å². The van der Waals surface area contributed by atoms with Crippen molar-refractivity contribution in [3.05, 3.63) is 15.6 Å². The molecule has 2 N–H and O–H groups in total. The van der Waals surface area contributed by atoms with Crippen LogP contribution in [0.15, 0.2) is 0 Å². The molecule has 4 nitrogen and oxygen atoms in total. The third-order valence-corrected chi connectivity index (χ3v) is 5.08. The molecule has 18 heavy (non-hydrogen) atoms. The lowest BCUT2D eigenvalue weighted by Gasteiger charge is -2.15. The Labute approximate surface area is 111 Å². The number of fused-ring (bicyclic) bond motifs is 1. The van der Waals surface area contributed by atoms with Crippen LogP contribution in [0.4, 0.5) is 0 Å². The lowest BCUT2D eigenvalue weighted by Crippen LogP contribution is -2.28. The van der Waals surface area contributed by atoms with Gasteiger partial charge in [0, 0.05) is 30.8 Å². The second-order valence-corrected chi connectivity index (χ2v) is 6.39. The number of rotatable bonds is 4. The first-order valence-electron chi connectivity index (χ1n) is 6.71. The first-order chi connectivity index (χ1) is 8.76. The molecule has 1 aromatic heterocycles. The van der Waals surface area contributed by atoms with E-state index in [-0.39, 0.29) is 5.91 Å². The second-order valence-electron chi connectivity index (χ2n) is 5.23. The number of carbonyl (C=O) groups is 1. The van der Waals surface area contributed by atoms with Crippen LogP contribution in [0.1, 0.15) is 28.4 Å². The van der Waals surface area contributed by atoms with Crippen molar-refractivity contribution in [3.63, 3.8) is 0 Å². The van der Waals surface area contributed by atoms with Crippen molar-refractivity contribution >= 4 is 17.2 Å². The number of aromatic nitrogens is 1. The molecule has 1 fully saturated rings. The molecule has 1 unspecified atom stereocenters. The first-order valence-corrected chi connectivity index (χ1v) is 7.53. The van der Waals surface area contributed by atoms with Crippen LogP contribution in [-0.4, -0.2) is 35.4 Å². The highest BCUT2D eigenvalue weighted by atomic mass is 32.1. The number of nitrogens with two attached hydrogens (primary N) is 1. The number of hydrogen-bond acceptors (Lipinski definition) is 4. The molecule has 1 saturated heterocycles. The highest BCUT2D eigenvalue weighted by Gasteiger charge is 2.28. The zero-order valence-electron chi connectivity index (χ0n) is 10.5. The van der Waals surface area contributed by atoms with Gasteiger partial charge in [-0.15, -0.1) is 11.3 Å². The average molecular weight is 265 g/mol. The summed E-state index contributed by atoms with van der Waals surface area (Å²) < 4.78 is 0. The molecule has 1 amide bonds. The lowest BCUT2D eigenvalue weighted by molar-refractivity contribution is -0.127. The Morgan fingerprint density at radius 3 is 3.06 bits per heavy atom. The van der Waals surface area contributed by atoms with Crippen molar-refractivity contribution in [1.82, 2.24) is 9.88 Å². The smallest absolute Gasteiger partial charge is 0.222 e. The summed E-state index contributed by atoms with van der Waals surface area (Å²) >= 11 is 1.84. The molecule has 98 valence electrons. The van der Waals surface area contributed by atoms with Crippen LogP contribution in [0.25, 0.3) is 0 Å². The monoisotopic (exact) mass is 265 g/mol. The summed E-state index contributed by atoms with van der Waals surface area (Å²) in [5, 5.41) is 1.20. The zero-order chi connectivity index (χ0) is 12.5. The molecule has 0 spiro atoms. The highest BCUT2D eigenvalue weighted by molar-refractivity contribution is 7.11. The van der Waals surface area contributed by atoms with Gasteiger partial charge in [0.05, 0.1) is 10.7 Å². The summed E-state index contributed by atoms with van der Waals surface area (Å²) in [6.45, 7) is 2.26. The number of carbonyl (C=O) groups excluding carboxylic acids is 1. The minimum absolute atomic E-state index is 0.259. The SMILES string of the molecule is NCC1CC(=O)N(CCc2nc3c(s2)CCC3)C1. The fraction of sp³-hybridized carbons (Fsp3) is 0.692. The lowest BCUT2D eigenvalue weighted by atomic mass is 10.1. The predicted octanol–water partition coefficient (Wildman–Crippen LogP) is 0.981. The van der Waals surface area contributed by atoms with Gasteiger partial charge >= 0.3 is 0 Å². The minimum atomic E-state index is 0.259. The maximum Gasteiger partial charge on any atom is 0.222 e. The Balaban J connectivity index is 1.56. The van der Waals surface area contributed by atoms with E-state index < -0.39 is 0 Å². The molecule has 0 aromatic carbocycles. The molecule has 1 aliphatic carbocycles. The van der Waals surface area contributed by atoms with Gasteiger partial charge in [-0.3, -0.25) is 4.79 Å². The summed E-state index contributed by atoms with van der Waals surface area (Å²) in [6.07, 6.45) is 5.14. The topological polar surface area (TPSA) is 59.2 Å². The Morgan fingerprint density at radius 2 is 2.33 bits per heavy atom. The summed E-state index contributed by atoms with van der Waals surface area (Å²) in [4.78, 5) is 19.8. The van der Waals surface area contributed by atoms with Crippen LogP contribution in [0, 0.1) is 5.92 Å². The van der Waals surface area contributed by atoms with Crippen LogP contribution >= 0.6 is 11.3 Å². The van der Waals surface area contributed by atoms with Crippen LogP contribution in [0.5, 0.6) is 0 Å². The number of thiazole rings is 1. The molecule has 1 aliphatic heterocycles. The number of aryl methyl sites for hydroxylation is 2. The Morgan fingerprint density at radius 1 is 1.44 bits per heavy atom. The van der Waals surface area contributed by atoms with Gasteiger partial charge in [-0.25, -0.2) is 4.98 Å². The molecule has 0 saturated carbocycles. The molecule has 2 aliphatic rings. The van der Waals surface area contributed by atoms with Crippen molar-refractivity contribution in [1.29, 1.82) is 0 Å². The maximum absolute atomic E-state index is 11.8. The van der Waals surface area contributed by atoms with Gasteiger partial charge in [-0.1, -0.05) is 0 Å². The van der Waals surface area contributed by atoms with Crippen molar-refractivity contribution in [2.45, 2.75) is 32.1 Å². The Bertz CT molecular complexity index is 436. The molecular weight excluding hydrogens is 246 g/mol. The summed E-state index contributed by atoms with van der Waals surface area (Å²) in [7, 11) is 0. The third kappa shape index (κ3) is 2.29. The molecule has 5 heteroatoms. The Hall–Kier alpha value is -0.940. The van der Waals surface area contributed by atoms with E-state index in [9.17, 15) is 4.79 Å². The molecular formula is C13H19N3OS. The quantitative estimate of drug-likeness (QED) is 0.883. The van der Waals surface area contributed by atoms with Gasteiger partial charge < -0.3 is 10.6 Å². The molecule has 0 radical (unpaired) electrons. The van der Waals surface area contributed by atoms with E-state index in [1.165, 1.54) is 28.4 Å². The van der Waals surface area contributed by atoms with Gasteiger partial charge in [0.1, 0.15) is 0 Å². The van der Waals surface area contributed by atoms with E-state index in [0.29, 0.717) is 18.9 Å². The van der Waals surface area contributed by atoms with Gasteiger partial charge in [0.15, 0.2) is 0 Å². The largest absolute Gasteiger partial charge is 0.342 e. The standard InChI is InChI=1S/C13H19N3OS/c14-7-9-6-13(17)16(8-9)5-4-12-15-10-2-1-3-11(10)18-12/h9H,1-8,14H2. The minimum Gasteiger partial charge on any atom is -0.342 e. The van der Waals surface area contributed by atoms with Crippen LogP contribution in [0.3, 0.4) is 0 Å². The average Bonchev–Trinajstić information content (AvgIpc) is 3.00.